The summed E-state index contributed by atoms with van der Waals surface area (Å²) in [5.74, 6) is -4.34. The summed E-state index contributed by atoms with van der Waals surface area (Å²) in [6, 6.07) is 4.59. The van der Waals surface area contributed by atoms with E-state index in [9.17, 15) is 18.0 Å². The van der Waals surface area contributed by atoms with Crippen molar-refractivity contribution >= 4 is 28.9 Å². The van der Waals surface area contributed by atoms with Crippen LogP contribution in [-0.4, -0.2) is 11.1 Å². The van der Waals surface area contributed by atoms with E-state index in [1.807, 2.05) is 0 Å². The first-order chi connectivity index (χ1) is 9.38. The predicted molar refractivity (Wildman–Crippen MR) is 68.0 cm³/mol. The number of rotatable bonds is 3. The van der Waals surface area contributed by atoms with Crippen LogP contribution in [0.15, 0.2) is 30.3 Å². The maximum absolute atomic E-state index is 13.7. The minimum atomic E-state index is -1.46. The fraction of sp³-hybridized carbons (Fsp3) is 0. The molecule has 0 aromatic heterocycles. The normalized spacial score (nSPS) is 10.4. The lowest BCUT2D eigenvalue weighted by molar-refractivity contribution is 0.0696. The third-order valence-electron chi connectivity index (χ3n) is 2.48. The van der Waals surface area contributed by atoms with E-state index in [4.69, 9.17) is 16.7 Å². The van der Waals surface area contributed by atoms with Gasteiger partial charge in [0.15, 0.2) is 11.6 Å². The molecule has 104 valence electrons. The molecule has 7 heteroatoms. The van der Waals surface area contributed by atoms with E-state index in [2.05, 4.69) is 5.32 Å². The number of benzene rings is 2. The molecule has 0 spiro atoms. The molecule has 0 unspecified atom stereocenters. The molecular formula is C13H7ClF3NO2. The summed E-state index contributed by atoms with van der Waals surface area (Å²) in [5, 5.41) is 11.0. The summed E-state index contributed by atoms with van der Waals surface area (Å²) in [4.78, 5) is 10.6. The Labute approximate surface area is 116 Å². The molecule has 2 N–H and O–H groups in total. The monoisotopic (exact) mass is 301 g/mol. The van der Waals surface area contributed by atoms with Crippen LogP contribution in [0, 0.1) is 17.5 Å². The average molecular weight is 302 g/mol. The number of aromatic carboxylic acids is 1. The third kappa shape index (κ3) is 2.85. The first-order valence-corrected chi connectivity index (χ1v) is 5.70. The minimum Gasteiger partial charge on any atom is -0.478 e. The zero-order chi connectivity index (χ0) is 14.9. The number of hydrogen-bond acceptors (Lipinski definition) is 2. The van der Waals surface area contributed by atoms with Crippen LogP contribution in [-0.2, 0) is 0 Å². The van der Waals surface area contributed by atoms with E-state index in [0.29, 0.717) is 12.1 Å². The quantitative estimate of drug-likeness (QED) is 0.893. The minimum absolute atomic E-state index is 0.0347. The second-order valence-corrected chi connectivity index (χ2v) is 4.28. The zero-order valence-electron chi connectivity index (χ0n) is 9.75. The molecule has 0 aliphatic heterocycles. The van der Waals surface area contributed by atoms with Crippen LogP contribution in [0.4, 0.5) is 24.5 Å². The molecule has 0 atom stereocenters. The van der Waals surface area contributed by atoms with Crippen molar-refractivity contribution in [2.75, 3.05) is 5.32 Å². The van der Waals surface area contributed by atoms with Gasteiger partial charge < -0.3 is 10.4 Å². The standard InChI is InChI=1S/C13H7ClF3NO2/c14-8-2-1-7(15)5-11(8)18-12-9(16)3-6(13(19)20)4-10(12)17/h1-5,18H,(H,19,20). The van der Waals surface area contributed by atoms with E-state index in [-0.39, 0.29) is 10.7 Å². The van der Waals surface area contributed by atoms with Crippen LogP contribution in [0.3, 0.4) is 0 Å². The molecular weight excluding hydrogens is 295 g/mol. The summed E-state index contributed by atoms with van der Waals surface area (Å²) in [6.07, 6.45) is 0. The Morgan fingerprint density at radius 3 is 2.25 bits per heavy atom. The van der Waals surface area contributed by atoms with Crippen LogP contribution < -0.4 is 5.32 Å². The van der Waals surface area contributed by atoms with Crippen molar-refractivity contribution in [3.8, 4) is 0 Å². The number of hydrogen-bond donors (Lipinski definition) is 2. The number of carboxylic acids is 1. The summed E-state index contributed by atoms with van der Waals surface area (Å²) in [7, 11) is 0. The molecule has 0 saturated carbocycles. The molecule has 2 aromatic rings. The summed E-state index contributed by atoms with van der Waals surface area (Å²) in [6.45, 7) is 0. The van der Waals surface area contributed by atoms with Crippen LogP contribution in [0.2, 0.25) is 5.02 Å². The van der Waals surface area contributed by atoms with Gasteiger partial charge in [0.25, 0.3) is 0 Å². The molecule has 20 heavy (non-hydrogen) atoms. The molecule has 0 aliphatic carbocycles. The van der Waals surface area contributed by atoms with Crippen molar-refractivity contribution in [3.63, 3.8) is 0 Å². The van der Waals surface area contributed by atoms with Gasteiger partial charge in [-0.05, 0) is 30.3 Å². The molecule has 0 aliphatic rings. The summed E-state index contributed by atoms with van der Waals surface area (Å²) < 4.78 is 40.4. The highest BCUT2D eigenvalue weighted by Crippen LogP contribution is 2.29. The molecule has 0 amide bonds. The van der Waals surface area contributed by atoms with E-state index >= 15 is 0 Å². The second kappa shape index (κ2) is 5.42. The largest absolute Gasteiger partial charge is 0.478 e. The predicted octanol–water partition coefficient (Wildman–Crippen LogP) is 4.20. The highest BCUT2D eigenvalue weighted by molar-refractivity contribution is 6.33. The van der Waals surface area contributed by atoms with Crippen LogP contribution in [0.25, 0.3) is 0 Å². The third-order valence-corrected chi connectivity index (χ3v) is 2.81. The van der Waals surface area contributed by atoms with Gasteiger partial charge in [-0.3, -0.25) is 0 Å². The molecule has 0 fully saturated rings. The summed E-state index contributed by atoms with van der Waals surface area (Å²) >= 11 is 5.76. The van der Waals surface area contributed by atoms with Gasteiger partial charge >= 0.3 is 5.97 Å². The van der Waals surface area contributed by atoms with Gasteiger partial charge in [-0.1, -0.05) is 11.6 Å². The number of anilines is 2. The Morgan fingerprint density at radius 2 is 1.70 bits per heavy atom. The molecule has 0 saturated heterocycles. The SMILES string of the molecule is O=C(O)c1cc(F)c(Nc2cc(F)ccc2Cl)c(F)c1. The molecule has 0 bridgehead atoms. The fourth-order valence-corrected chi connectivity index (χ4v) is 1.71. The zero-order valence-corrected chi connectivity index (χ0v) is 10.5. The first-order valence-electron chi connectivity index (χ1n) is 5.33. The van der Waals surface area contributed by atoms with Gasteiger partial charge in [0.05, 0.1) is 16.3 Å². The van der Waals surface area contributed by atoms with E-state index in [1.165, 1.54) is 6.07 Å². The number of carboxylic acid groups (broad SMARTS) is 1. The number of nitrogens with one attached hydrogen (secondary N) is 1. The van der Waals surface area contributed by atoms with E-state index < -0.39 is 34.7 Å². The van der Waals surface area contributed by atoms with Crippen molar-refractivity contribution in [3.05, 3.63) is 58.4 Å². The Morgan fingerprint density at radius 1 is 1.10 bits per heavy atom. The molecule has 3 nitrogen and oxygen atoms in total. The van der Waals surface area contributed by atoms with Gasteiger partial charge in [0, 0.05) is 0 Å². The highest BCUT2D eigenvalue weighted by Gasteiger charge is 2.16. The molecule has 0 heterocycles. The highest BCUT2D eigenvalue weighted by atomic mass is 35.5. The maximum Gasteiger partial charge on any atom is 0.335 e. The second-order valence-electron chi connectivity index (χ2n) is 3.87. The van der Waals surface area contributed by atoms with E-state index in [0.717, 1.165) is 12.1 Å². The van der Waals surface area contributed by atoms with E-state index in [1.54, 1.807) is 0 Å². The van der Waals surface area contributed by atoms with Crippen LogP contribution in [0.1, 0.15) is 10.4 Å². The lowest BCUT2D eigenvalue weighted by atomic mass is 10.1. The van der Waals surface area contributed by atoms with Crippen molar-refractivity contribution in [1.82, 2.24) is 0 Å². The molecule has 2 aromatic carbocycles. The average Bonchev–Trinajstić information content (AvgIpc) is 2.37. The molecule has 2 rings (SSSR count). The first kappa shape index (κ1) is 14.2. The van der Waals surface area contributed by atoms with Gasteiger partial charge in [-0.2, -0.15) is 0 Å². The Balaban J connectivity index is 2.44. The Bertz CT molecular complexity index is 668. The van der Waals surface area contributed by atoms with Gasteiger partial charge in [0.1, 0.15) is 11.5 Å². The Kier molecular flexibility index (Phi) is 3.85. The number of carbonyl (C=O) groups is 1. The fourth-order valence-electron chi connectivity index (χ4n) is 1.54. The lowest BCUT2D eigenvalue weighted by Crippen LogP contribution is -2.03. The van der Waals surface area contributed by atoms with Gasteiger partial charge in [0.2, 0.25) is 0 Å². The Hall–Kier alpha value is -2.21. The van der Waals surface area contributed by atoms with Crippen LogP contribution >= 0.6 is 11.6 Å². The smallest absolute Gasteiger partial charge is 0.335 e. The van der Waals surface area contributed by atoms with Crippen molar-refractivity contribution < 1.29 is 23.1 Å². The van der Waals surface area contributed by atoms with Crippen molar-refractivity contribution in [2.24, 2.45) is 0 Å². The van der Waals surface area contributed by atoms with Crippen molar-refractivity contribution in [1.29, 1.82) is 0 Å². The van der Waals surface area contributed by atoms with Crippen molar-refractivity contribution in [2.45, 2.75) is 0 Å². The molecule has 0 radical (unpaired) electrons. The summed E-state index contributed by atoms with van der Waals surface area (Å²) in [5.41, 5.74) is -1.18. The topological polar surface area (TPSA) is 49.3 Å². The number of halogens is 4. The van der Waals surface area contributed by atoms with Gasteiger partial charge in [-0.15, -0.1) is 0 Å². The lowest BCUT2D eigenvalue weighted by Gasteiger charge is -2.11. The van der Waals surface area contributed by atoms with Crippen LogP contribution in [0.5, 0.6) is 0 Å². The maximum atomic E-state index is 13.7. The van der Waals surface area contributed by atoms with Gasteiger partial charge in [-0.25, -0.2) is 18.0 Å².